The fraction of sp³-hybridized carbons (Fsp3) is 1.00. The standard InChI is InChI=1S/C14H27O2/c1-2-3-4-5-6-10-13-16-14(15)11-8-7-9-12-14/h2-13H2,1H3. The van der Waals surface area contributed by atoms with E-state index in [-0.39, 0.29) is 0 Å². The highest BCUT2D eigenvalue weighted by atomic mass is 16.6. The Morgan fingerprint density at radius 3 is 2.25 bits per heavy atom. The maximum absolute atomic E-state index is 12.0. The zero-order chi connectivity index (χ0) is 11.7. The lowest BCUT2D eigenvalue weighted by Gasteiger charge is -2.29. The van der Waals surface area contributed by atoms with Crippen molar-refractivity contribution < 1.29 is 9.84 Å². The van der Waals surface area contributed by atoms with Crippen LogP contribution in [-0.4, -0.2) is 12.4 Å². The van der Waals surface area contributed by atoms with Crippen LogP contribution < -0.4 is 0 Å². The lowest BCUT2D eigenvalue weighted by molar-refractivity contribution is -0.256. The van der Waals surface area contributed by atoms with Gasteiger partial charge in [-0.3, -0.25) is 0 Å². The predicted octanol–water partition coefficient (Wildman–Crippen LogP) is 4.45. The van der Waals surface area contributed by atoms with Crippen LogP contribution in [0.15, 0.2) is 0 Å². The van der Waals surface area contributed by atoms with Gasteiger partial charge in [-0.1, -0.05) is 45.4 Å². The molecule has 0 heterocycles. The third-order valence-electron chi connectivity index (χ3n) is 3.48. The zero-order valence-corrected chi connectivity index (χ0v) is 10.8. The molecule has 1 radical (unpaired) electrons. The summed E-state index contributed by atoms with van der Waals surface area (Å²) in [7, 11) is 0. The predicted molar refractivity (Wildman–Crippen MR) is 65.8 cm³/mol. The van der Waals surface area contributed by atoms with E-state index in [0.717, 1.165) is 32.1 Å². The van der Waals surface area contributed by atoms with Crippen molar-refractivity contribution in [3.63, 3.8) is 0 Å². The van der Waals surface area contributed by atoms with Gasteiger partial charge in [-0.2, -0.15) is 5.11 Å². The highest BCUT2D eigenvalue weighted by Gasteiger charge is 2.31. The Kier molecular flexibility index (Phi) is 7.06. The molecule has 0 aromatic carbocycles. The van der Waals surface area contributed by atoms with Gasteiger partial charge in [0, 0.05) is 12.8 Å². The first kappa shape index (κ1) is 14.0. The molecule has 2 heteroatoms. The molecule has 0 unspecified atom stereocenters. The molecule has 0 amide bonds. The summed E-state index contributed by atoms with van der Waals surface area (Å²) in [6, 6.07) is 0. The molecular weight excluding hydrogens is 200 g/mol. The van der Waals surface area contributed by atoms with Gasteiger partial charge in [-0.15, -0.1) is 0 Å². The molecule has 0 aromatic heterocycles. The number of rotatable bonds is 8. The van der Waals surface area contributed by atoms with Crippen LogP contribution in [0.2, 0.25) is 0 Å². The first-order valence-electron chi connectivity index (χ1n) is 7.11. The van der Waals surface area contributed by atoms with Crippen molar-refractivity contribution in [3.05, 3.63) is 0 Å². The molecule has 0 N–H and O–H groups in total. The summed E-state index contributed by atoms with van der Waals surface area (Å²) >= 11 is 0. The Bertz CT molecular complexity index is 162. The fourth-order valence-corrected chi connectivity index (χ4v) is 2.38. The van der Waals surface area contributed by atoms with Crippen LogP contribution in [0.1, 0.15) is 77.6 Å². The van der Waals surface area contributed by atoms with Crippen LogP contribution in [0.5, 0.6) is 0 Å². The Hall–Kier alpha value is -0.0800. The van der Waals surface area contributed by atoms with E-state index in [1.807, 2.05) is 0 Å². The third-order valence-corrected chi connectivity index (χ3v) is 3.48. The second kappa shape index (κ2) is 8.08. The monoisotopic (exact) mass is 227 g/mol. The molecule has 1 fully saturated rings. The van der Waals surface area contributed by atoms with Crippen molar-refractivity contribution in [2.45, 2.75) is 83.3 Å². The van der Waals surface area contributed by atoms with Crippen LogP contribution in [0, 0.1) is 0 Å². The molecule has 2 nitrogen and oxygen atoms in total. The summed E-state index contributed by atoms with van der Waals surface area (Å²) in [4.78, 5) is 0. The third kappa shape index (κ3) is 5.86. The van der Waals surface area contributed by atoms with Gasteiger partial charge in [-0.05, 0) is 19.3 Å². The van der Waals surface area contributed by atoms with E-state index in [0.29, 0.717) is 6.61 Å². The second-order valence-corrected chi connectivity index (χ2v) is 5.09. The maximum Gasteiger partial charge on any atom is 0.201 e. The molecule has 0 saturated heterocycles. The van der Waals surface area contributed by atoms with E-state index in [4.69, 9.17) is 4.74 Å². The van der Waals surface area contributed by atoms with Gasteiger partial charge in [0.1, 0.15) is 0 Å². The molecular formula is C14H27O2. The Labute approximate surface area is 100 Å². The van der Waals surface area contributed by atoms with E-state index in [1.165, 1.54) is 38.5 Å². The molecule has 1 aliphatic carbocycles. The maximum atomic E-state index is 12.0. The first-order chi connectivity index (χ1) is 7.77. The molecule has 0 aliphatic heterocycles. The smallest absolute Gasteiger partial charge is 0.201 e. The van der Waals surface area contributed by atoms with Crippen LogP contribution in [0.25, 0.3) is 0 Å². The van der Waals surface area contributed by atoms with Crippen molar-refractivity contribution in [2.75, 3.05) is 6.61 Å². The van der Waals surface area contributed by atoms with Gasteiger partial charge in [0.25, 0.3) is 0 Å². The molecule has 1 saturated carbocycles. The highest BCUT2D eigenvalue weighted by Crippen LogP contribution is 2.29. The van der Waals surface area contributed by atoms with Crippen LogP contribution in [0.4, 0.5) is 0 Å². The molecule has 1 aliphatic rings. The Morgan fingerprint density at radius 2 is 1.56 bits per heavy atom. The molecule has 0 atom stereocenters. The minimum absolute atomic E-state index is 0.676. The summed E-state index contributed by atoms with van der Waals surface area (Å²) in [5.74, 6) is -1.03. The zero-order valence-electron chi connectivity index (χ0n) is 10.8. The average molecular weight is 227 g/mol. The van der Waals surface area contributed by atoms with Crippen molar-refractivity contribution in [1.29, 1.82) is 0 Å². The van der Waals surface area contributed by atoms with Crippen LogP contribution >= 0.6 is 0 Å². The van der Waals surface area contributed by atoms with Gasteiger partial charge in [-0.25, -0.2) is 0 Å². The van der Waals surface area contributed by atoms with Crippen molar-refractivity contribution >= 4 is 0 Å². The highest BCUT2D eigenvalue weighted by molar-refractivity contribution is 4.72. The van der Waals surface area contributed by atoms with E-state index in [9.17, 15) is 5.11 Å². The van der Waals surface area contributed by atoms with Gasteiger partial charge in [0.15, 0.2) is 0 Å². The molecule has 0 spiro atoms. The molecule has 1 rings (SSSR count). The van der Waals surface area contributed by atoms with E-state index in [2.05, 4.69) is 6.92 Å². The summed E-state index contributed by atoms with van der Waals surface area (Å²) in [6.07, 6.45) is 12.3. The SMILES string of the molecule is CCCCCCCCOC1([O])CCCCC1. The van der Waals surface area contributed by atoms with E-state index in [1.54, 1.807) is 0 Å². The van der Waals surface area contributed by atoms with Crippen molar-refractivity contribution in [3.8, 4) is 0 Å². The lowest BCUT2D eigenvalue weighted by atomic mass is 9.94. The summed E-state index contributed by atoms with van der Waals surface area (Å²) in [6.45, 7) is 2.91. The fourth-order valence-electron chi connectivity index (χ4n) is 2.38. The summed E-state index contributed by atoms with van der Waals surface area (Å²) < 4.78 is 5.52. The van der Waals surface area contributed by atoms with E-state index < -0.39 is 5.79 Å². The number of hydrogen-bond acceptors (Lipinski definition) is 1. The molecule has 95 valence electrons. The van der Waals surface area contributed by atoms with Gasteiger partial charge in [0.05, 0.1) is 6.61 Å². The van der Waals surface area contributed by atoms with Crippen LogP contribution in [-0.2, 0) is 9.84 Å². The van der Waals surface area contributed by atoms with Gasteiger partial charge < -0.3 is 4.74 Å². The largest absolute Gasteiger partial charge is 0.347 e. The minimum atomic E-state index is -1.03. The van der Waals surface area contributed by atoms with Crippen LogP contribution in [0.3, 0.4) is 0 Å². The number of unbranched alkanes of at least 4 members (excludes halogenated alkanes) is 5. The summed E-state index contributed by atoms with van der Waals surface area (Å²) in [5.41, 5.74) is 0. The number of ether oxygens (including phenoxy) is 1. The van der Waals surface area contributed by atoms with Crippen molar-refractivity contribution in [2.24, 2.45) is 0 Å². The normalized spacial score (nSPS) is 19.9. The second-order valence-electron chi connectivity index (χ2n) is 5.09. The Balaban J connectivity index is 1.93. The Morgan fingerprint density at radius 1 is 0.938 bits per heavy atom. The molecule has 0 aromatic rings. The summed E-state index contributed by atoms with van der Waals surface area (Å²) in [5, 5.41) is 12.0. The molecule has 16 heavy (non-hydrogen) atoms. The molecule has 0 bridgehead atoms. The van der Waals surface area contributed by atoms with Gasteiger partial charge >= 0.3 is 0 Å². The average Bonchev–Trinajstić information content (AvgIpc) is 2.29. The topological polar surface area (TPSA) is 29.1 Å². The quantitative estimate of drug-likeness (QED) is 0.445. The minimum Gasteiger partial charge on any atom is -0.347 e. The number of hydrogen-bond donors (Lipinski definition) is 0. The van der Waals surface area contributed by atoms with Gasteiger partial charge in [0.2, 0.25) is 5.79 Å². The lowest BCUT2D eigenvalue weighted by Crippen LogP contribution is -2.33. The van der Waals surface area contributed by atoms with Crippen molar-refractivity contribution in [1.82, 2.24) is 0 Å². The first-order valence-corrected chi connectivity index (χ1v) is 7.11. The van der Waals surface area contributed by atoms with E-state index >= 15 is 0 Å².